The van der Waals surface area contributed by atoms with Crippen LogP contribution < -0.4 is 0 Å². The molecule has 0 fully saturated rings. The number of alkyl halides is 3. The normalized spacial score (nSPS) is 10.2. The number of methoxy groups -OCH3 is 1. The smallest absolute Gasteiger partial charge is 0.309 e. The molecule has 0 atom stereocenters. The number of rotatable bonds is 4. The van der Waals surface area contributed by atoms with Gasteiger partial charge in [0.15, 0.2) is 0 Å². The number of esters is 1. The third-order valence-electron chi connectivity index (χ3n) is 2.38. The molecule has 0 saturated heterocycles. The zero-order chi connectivity index (χ0) is 13.7. The summed E-state index contributed by atoms with van der Waals surface area (Å²) in [7, 11) is 1.17. The summed E-state index contributed by atoms with van der Waals surface area (Å²) in [6, 6.07) is 4.39. The lowest BCUT2D eigenvalue weighted by molar-refractivity contribution is -0.139. The van der Waals surface area contributed by atoms with Gasteiger partial charge in [0.25, 0.3) is 6.43 Å². The molecular weight excluding hydrogens is 264 g/mol. The van der Waals surface area contributed by atoms with Gasteiger partial charge in [0.1, 0.15) is 0 Å². The first-order chi connectivity index (χ1) is 8.53. The summed E-state index contributed by atoms with van der Waals surface area (Å²) in [4.78, 5) is 11.2. The second kappa shape index (κ2) is 6.31. The fraction of sp³-hybridized carbons (Fsp3) is 0.333. The highest BCUT2D eigenvalue weighted by Gasteiger charge is 2.21. The molecule has 0 N–H and O–H groups in total. The Bertz CT molecular complexity index is 498. The first kappa shape index (κ1) is 14.4. The second-order valence-electron chi connectivity index (χ2n) is 3.52. The van der Waals surface area contributed by atoms with Crippen LogP contribution in [0.1, 0.15) is 28.7 Å². The van der Waals surface area contributed by atoms with Crippen molar-refractivity contribution in [1.82, 2.24) is 0 Å². The second-order valence-corrected chi connectivity index (χ2v) is 3.78. The maximum absolute atomic E-state index is 12.9. The molecule has 0 radical (unpaired) electrons. The molecule has 0 saturated carbocycles. The average molecular weight is 274 g/mol. The van der Waals surface area contributed by atoms with Gasteiger partial charge in [-0.25, -0.2) is 8.78 Å². The molecule has 18 heavy (non-hydrogen) atoms. The molecule has 1 aromatic carbocycles. The summed E-state index contributed by atoms with van der Waals surface area (Å²) in [6.45, 7) is 0. The van der Waals surface area contributed by atoms with E-state index >= 15 is 0 Å². The third-order valence-corrected chi connectivity index (χ3v) is 2.69. The number of halogens is 3. The number of nitriles is 1. The van der Waals surface area contributed by atoms with E-state index in [1.807, 2.05) is 0 Å². The average Bonchev–Trinajstić information content (AvgIpc) is 2.36. The molecule has 1 aromatic rings. The largest absolute Gasteiger partial charge is 0.469 e. The number of carbonyl (C=O) groups excluding carboxylic acids is 1. The van der Waals surface area contributed by atoms with Crippen molar-refractivity contribution in [1.29, 1.82) is 5.26 Å². The van der Waals surface area contributed by atoms with Crippen LogP contribution in [-0.2, 0) is 21.8 Å². The van der Waals surface area contributed by atoms with E-state index in [-0.39, 0.29) is 23.4 Å². The minimum atomic E-state index is -2.83. The molecule has 96 valence electrons. The molecule has 6 heteroatoms. The van der Waals surface area contributed by atoms with Crippen LogP contribution in [0.2, 0.25) is 0 Å². The lowest BCUT2D eigenvalue weighted by atomic mass is 9.96. The zero-order valence-corrected chi connectivity index (χ0v) is 10.3. The van der Waals surface area contributed by atoms with Gasteiger partial charge in [-0.05, 0) is 17.2 Å². The van der Waals surface area contributed by atoms with Crippen molar-refractivity contribution in [2.75, 3.05) is 7.11 Å². The Morgan fingerprint density at radius 2 is 2.22 bits per heavy atom. The summed E-state index contributed by atoms with van der Waals surface area (Å²) in [5, 5.41) is 8.86. The Balaban J connectivity index is 3.35. The SMILES string of the molecule is COC(=O)Cc1cc(CCl)cc(C#N)c1C(F)F. The van der Waals surface area contributed by atoms with Crippen molar-refractivity contribution in [2.24, 2.45) is 0 Å². The third kappa shape index (κ3) is 3.17. The molecular formula is C12H10ClF2NO2. The van der Waals surface area contributed by atoms with Gasteiger partial charge in [0.2, 0.25) is 0 Å². The molecule has 0 aliphatic carbocycles. The van der Waals surface area contributed by atoms with Gasteiger partial charge in [-0.3, -0.25) is 4.79 Å². The maximum Gasteiger partial charge on any atom is 0.309 e. The van der Waals surface area contributed by atoms with Gasteiger partial charge in [0.05, 0.1) is 25.2 Å². The summed E-state index contributed by atoms with van der Waals surface area (Å²) in [5.41, 5.74) is -0.0121. The van der Waals surface area contributed by atoms with Crippen molar-refractivity contribution in [2.45, 2.75) is 18.7 Å². The van der Waals surface area contributed by atoms with Gasteiger partial charge >= 0.3 is 5.97 Å². The van der Waals surface area contributed by atoms with E-state index in [1.54, 1.807) is 6.07 Å². The number of ether oxygens (including phenoxy) is 1. The molecule has 0 aliphatic heterocycles. The molecule has 0 spiro atoms. The van der Waals surface area contributed by atoms with Crippen LogP contribution in [0.3, 0.4) is 0 Å². The van der Waals surface area contributed by atoms with Crippen LogP contribution in [-0.4, -0.2) is 13.1 Å². The molecule has 0 aliphatic rings. The van der Waals surface area contributed by atoms with E-state index in [1.165, 1.54) is 19.2 Å². The Morgan fingerprint density at radius 3 is 2.67 bits per heavy atom. The predicted molar refractivity (Wildman–Crippen MR) is 61.4 cm³/mol. The standard InChI is InChI=1S/C12H10ClF2NO2/c1-18-10(17)4-8-2-7(5-13)3-9(6-16)11(8)12(14)15/h2-3,12H,4-5H2,1H3. The van der Waals surface area contributed by atoms with Crippen LogP contribution in [0.25, 0.3) is 0 Å². The van der Waals surface area contributed by atoms with Crippen LogP contribution in [0.5, 0.6) is 0 Å². The first-order valence-electron chi connectivity index (χ1n) is 5.00. The highest BCUT2D eigenvalue weighted by Crippen LogP contribution is 2.29. The van der Waals surface area contributed by atoms with Crippen LogP contribution in [0.15, 0.2) is 12.1 Å². The van der Waals surface area contributed by atoms with Crippen LogP contribution in [0.4, 0.5) is 8.78 Å². The molecule has 0 bridgehead atoms. The minimum absolute atomic E-state index is 0.0755. The molecule has 1 rings (SSSR count). The Hall–Kier alpha value is -1.67. The van der Waals surface area contributed by atoms with E-state index in [2.05, 4.69) is 4.74 Å². The molecule has 0 heterocycles. The number of nitrogens with zero attached hydrogens (tertiary/aromatic N) is 1. The topological polar surface area (TPSA) is 50.1 Å². The number of benzene rings is 1. The van der Waals surface area contributed by atoms with Crippen molar-refractivity contribution >= 4 is 17.6 Å². The van der Waals surface area contributed by atoms with Crippen LogP contribution >= 0.6 is 11.6 Å². The van der Waals surface area contributed by atoms with Crippen LogP contribution in [0, 0.1) is 11.3 Å². The van der Waals surface area contributed by atoms with E-state index in [0.717, 1.165) is 0 Å². The molecule has 0 aromatic heterocycles. The van der Waals surface area contributed by atoms with Gasteiger partial charge in [-0.2, -0.15) is 5.26 Å². The van der Waals surface area contributed by atoms with Crippen molar-refractivity contribution in [3.63, 3.8) is 0 Å². The van der Waals surface area contributed by atoms with Crippen molar-refractivity contribution in [3.8, 4) is 6.07 Å². The lowest BCUT2D eigenvalue weighted by Crippen LogP contribution is -2.09. The monoisotopic (exact) mass is 273 g/mol. The highest BCUT2D eigenvalue weighted by atomic mass is 35.5. The fourth-order valence-electron chi connectivity index (χ4n) is 1.58. The Labute approximate surface area is 108 Å². The van der Waals surface area contributed by atoms with E-state index in [4.69, 9.17) is 16.9 Å². The summed E-state index contributed by atoms with van der Waals surface area (Å²) >= 11 is 5.62. The highest BCUT2D eigenvalue weighted by molar-refractivity contribution is 6.17. The van der Waals surface area contributed by atoms with Crippen molar-refractivity contribution in [3.05, 3.63) is 34.4 Å². The van der Waals surface area contributed by atoms with Gasteiger partial charge in [0, 0.05) is 11.4 Å². The maximum atomic E-state index is 12.9. The quantitative estimate of drug-likeness (QED) is 0.626. The summed E-state index contributed by atoms with van der Waals surface area (Å²) in [5.74, 6) is -0.570. The number of hydrogen-bond acceptors (Lipinski definition) is 3. The Kier molecular flexibility index (Phi) is 5.05. The van der Waals surface area contributed by atoms with E-state index < -0.39 is 18.0 Å². The Morgan fingerprint density at radius 1 is 1.56 bits per heavy atom. The number of hydrogen-bond donors (Lipinski definition) is 0. The molecule has 0 unspecified atom stereocenters. The van der Waals surface area contributed by atoms with E-state index in [9.17, 15) is 13.6 Å². The van der Waals surface area contributed by atoms with Gasteiger partial charge in [-0.15, -0.1) is 11.6 Å². The fourth-order valence-corrected chi connectivity index (χ4v) is 1.73. The lowest BCUT2D eigenvalue weighted by Gasteiger charge is -2.11. The first-order valence-corrected chi connectivity index (χ1v) is 5.53. The number of carbonyl (C=O) groups is 1. The minimum Gasteiger partial charge on any atom is -0.469 e. The molecule has 3 nitrogen and oxygen atoms in total. The summed E-state index contributed by atoms with van der Waals surface area (Å²) < 4.78 is 30.3. The van der Waals surface area contributed by atoms with Crippen molar-refractivity contribution < 1.29 is 18.3 Å². The summed E-state index contributed by atoms with van der Waals surface area (Å²) in [6.07, 6.45) is -3.14. The van der Waals surface area contributed by atoms with Gasteiger partial charge in [-0.1, -0.05) is 6.07 Å². The van der Waals surface area contributed by atoms with Gasteiger partial charge < -0.3 is 4.74 Å². The molecule has 0 amide bonds. The zero-order valence-electron chi connectivity index (χ0n) is 9.54. The van der Waals surface area contributed by atoms with E-state index in [0.29, 0.717) is 5.56 Å². The predicted octanol–water partition coefficient (Wildman–Crippen LogP) is 2.95.